The summed E-state index contributed by atoms with van der Waals surface area (Å²) in [6.07, 6.45) is 2.56. The third-order valence-corrected chi connectivity index (χ3v) is 6.44. The third kappa shape index (κ3) is 5.22. The minimum atomic E-state index is -0.170. The SMILES string of the molecule is CC(C)(C)c1ccc(C(=O)Nc2n[nH]c3c2CN(c2ccnc(NCc4ccccc4)n2)CC3)cc1. The lowest BCUT2D eigenvalue weighted by Gasteiger charge is -2.28. The molecule has 2 aromatic heterocycles. The summed E-state index contributed by atoms with van der Waals surface area (Å²) >= 11 is 0. The smallest absolute Gasteiger partial charge is 0.256 e. The molecule has 1 amide bonds. The Kier molecular flexibility index (Phi) is 6.41. The average molecular weight is 482 g/mol. The highest BCUT2D eigenvalue weighted by Gasteiger charge is 2.24. The van der Waals surface area contributed by atoms with Crippen LogP contribution in [-0.2, 0) is 24.9 Å². The first kappa shape index (κ1) is 23.5. The maximum Gasteiger partial charge on any atom is 0.256 e. The van der Waals surface area contributed by atoms with Crippen molar-refractivity contribution in [3.63, 3.8) is 0 Å². The predicted octanol–water partition coefficient (Wildman–Crippen LogP) is 4.92. The number of rotatable bonds is 6. The van der Waals surface area contributed by atoms with E-state index in [-0.39, 0.29) is 11.3 Å². The van der Waals surface area contributed by atoms with Crippen LogP contribution < -0.4 is 15.5 Å². The van der Waals surface area contributed by atoms with Crippen LogP contribution in [0.4, 0.5) is 17.6 Å². The molecular formula is C28H31N7O. The van der Waals surface area contributed by atoms with Gasteiger partial charge in [0.05, 0.1) is 0 Å². The van der Waals surface area contributed by atoms with E-state index in [0.717, 1.165) is 30.0 Å². The van der Waals surface area contributed by atoms with Gasteiger partial charge in [-0.15, -0.1) is 0 Å². The van der Waals surface area contributed by atoms with E-state index >= 15 is 0 Å². The molecule has 0 fully saturated rings. The monoisotopic (exact) mass is 481 g/mol. The summed E-state index contributed by atoms with van der Waals surface area (Å²) in [7, 11) is 0. The van der Waals surface area contributed by atoms with Gasteiger partial charge >= 0.3 is 0 Å². The zero-order valence-corrected chi connectivity index (χ0v) is 20.9. The van der Waals surface area contributed by atoms with Crippen molar-refractivity contribution >= 4 is 23.5 Å². The number of fused-ring (bicyclic) bond motifs is 1. The summed E-state index contributed by atoms with van der Waals surface area (Å²) in [4.78, 5) is 24.2. The Morgan fingerprint density at radius 3 is 2.58 bits per heavy atom. The number of nitrogens with one attached hydrogen (secondary N) is 3. The number of aromatic nitrogens is 4. The second-order valence-electron chi connectivity index (χ2n) is 10.1. The molecule has 0 atom stereocenters. The number of aromatic amines is 1. The van der Waals surface area contributed by atoms with Gasteiger partial charge in [-0.05, 0) is 34.7 Å². The highest BCUT2D eigenvalue weighted by Crippen LogP contribution is 2.28. The molecule has 184 valence electrons. The van der Waals surface area contributed by atoms with Gasteiger partial charge in [-0.2, -0.15) is 10.1 Å². The molecule has 0 bridgehead atoms. The van der Waals surface area contributed by atoms with Crippen LogP contribution in [0.3, 0.4) is 0 Å². The lowest BCUT2D eigenvalue weighted by Crippen LogP contribution is -2.31. The molecule has 36 heavy (non-hydrogen) atoms. The standard InChI is InChI=1S/C28H31N7O/c1-28(2,3)21-11-9-20(10-12-21)26(36)32-25-22-18-35(16-14-23(22)33-34-25)24-13-15-29-27(31-24)30-17-19-7-5-4-6-8-19/h4-13,15H,14,16-18H2,1-3H3,(H,29,30,31)(H2,32,33,34,36). The summed E-state index contributed by atoms with van der Waals surface area (Å²) in [5, 5.41) is 13.8. The van der Waals surface area contributed by atoms with Gasteiger partial charge in [0, 0.05) is 49.1 Å². The van der Waals surface area contributed by atoms with E-state index in [0.29, 0.717) is 30.4 Å². The molecule has 0 aliphatic carbocycles. The van der Waals surface area contributed by atoms with Crippen LogP contribution in [0.2, 0.25) is 0 Å². The number of hydrogen-bond acceptors (Lipinski definition) is 6. The molecule has 8 nitrogen and oxygen atoms in total. The number of carbonyl (C=O) groups excluding carboxylic acids is 1. The van der Waals surface area contributed by atoms with Crippen LogP contribution in [0.5, 0.6) is 0 Å². The zero-order chi connectivity index (χ0) is 25.1. The number of carbonyl (C=O) groups is 1. The highest BCUT2D eigenvalue weighted by molar-refractivity contribution is 6.04. The summed E-state index contributed by atoms with van der Waals surface area (Å²) in [6, 6.07) is 19.8. The Morgan fingerprint density at radius 2 is 1.83 bits per heavy atom. The molecule has 3 N–H and O–H groups in total. The fraction of sp³-hybridized carbons (Fsp3) is 0.286. The van der Waals surface area contributed by atoms with Crippen molar-refractivity contribution < 1.29 is 4.79 Å². The molecule has 1 aliphatic heterocycles. The number of nitrogens with zero attached hydrogens (tertiary/aromatic N) is 4. The van der Waals surface area contributed by atoms with Gasteiger partial charge in [-0.1, -0.05) is 63.2 Å². The molecule has 4 aromatic rings. The van der Waals surface area contributed by atoms with Crippen LogP contribution in [-0.4, -0.2) is 32.6 Å². The predicted molar refractivity (Wildman–Crippen MR) is 142 cm³/mol. The summed E-state index contributed by atoms with van der Waals surface area (Å²) in [6.45, 7) is 8.52. The van der Waals surface area contributed by atoms with Crippen LogP contribution in [0.15, 0.2) is 66.9 Å². The molecule has 0 spiro atoms. The fourth-order valence-electron chi connectivity index (χ4n) is 4.28. The number of amides is 1. The Bertz CT molecular complexity index is 1340. The number of H-pyrrole nitrogens is 1. The van der Waals surface area contributed by atoms with Crippen LogP contribution in [0.25, 0.3) is 0 Å². The van der Waals surface area contributed by atoms with Crippen LogP contribution >= 0.6 is 0 Å². The van der Waals surface area contributed by atoms with Crippen molar-refractivity contribution in [1.82, 2.24) is 20.2 Å². The first-order valence-electron chi connectivity index (χ1n) is 12.2. The second kappa shape index (κ2) is 9.81. The molecule has 5 rings (SSSR count). The molecule has 1 aliphatic rings. The number of anilines is 3. The topological polar surface area (TPSA) is 98.8 Å². The lowest BCUT2D eigenvalue weighted by atomic mass is 9.87. The Morgan fingerprint density at radius 1 is 1.06 bits per heavy atom. The lowest BCUT2D eigenvalue weighted by molar-refractivity contribution is 0.102. The van der Waals surface area contributed by atoms with Gasteiger partial charge in [0.2, 0.25) is 5.95 Å². The molecule has 2 aromatic carbocycles. The largest absolute Gasteiger partial charge is 0.352 e. The van der Waals surface area contributed by atoms with Crippen molar-refractivity contribution in [2.45, 2.75) is 45.7 Å². The van der Waals surface area contributed by atoms with Gasteiger partial charge in [-0.25, -0.2) is 4.98 Å². The zero-order valence-electron chi connectivity index (χ0n) is 20.9. The maximum atomic E-state index is 12.9. The van der Waals surface area contributed by atoms with Gasteiger partial charge in [-0.3, -0.25) is 9.89 Å². The van der Waals surface area contributed by atoms with E-state index in [9.17, 15) is 4.79 Å². The van der Waals surface area contributed by atoms with Crippen molar-refractivity contribution in [2.24, 2.45) is 0 Å². The first-order valence-corrected chi connectivity index (χ1v) is 12.2. The highest BCUT2D eigenvalue weighted by atomic mass is 16.1. The van der Waals surface area contributed by atoms with Crippen LogP contribution in [0, 0.1) is 0 Å². The van der Waals surface area contributed by atoms with E-state index in [2.05, 4.69) is 63.6 Å². The molecule has 8 heteroatoms. The molecule has 0 unspecified atom stereocenters. The Labute approximate surface area is 211 Å². The fourth-order valence-corrected chi connectivity index (χ4v) is 4.28. The molecule has 0 saturated carbocycles. The summed E-state index contributed by atoms with van der Waals surface area (Å²) < 4.78 is 0. The van der Waals surface area contributed by atoms with Gasteiger partial charge in [0.15, 0.2) is 5.82 Å². The third-order valence-electron chi connectivity index (χ3n) is 6.44. The van der Waals surface area contributed by atoms with Crippen molar-refractivity contribution in [2.75, 3.05) is 22.1 Å². The van der Waals surface area contributed by atoms with Crippen LogP contribution in [0.1, 0.15) is 53.5 Å². The Balaban J connectivity index is 1.27. The van der Waals surface area contributed by atoms with Gasteiger partial charge in [0.1, 0.15) is 5.82 Å². The van der Waals surface area contributed by atoms with E-state index in [1.54, 1.807) is 6.20 Å². The Hall–Kier alpha value is -4.20. The first-order chi connectivity index (χ1) is 17.4. The van der Waals surface area contributed by atoms with Crippen molar-refractivity contribution in [3.8, 4) is 0 Å². The molecular weight excluding hydrogens is 450 g/mol. The minimum Gasteiger partial charge on any atom is -0.352 e. The summed E-state index contributed by atoms with van der Waals surface area (Å²) in [5.41, 5.74) is 5.03. The van der Waals surface area contributed by atoms with Crippen molar-refractivity contribution in [1.29, 1.82) is 0 Å². The minimum absolute atomic E-state index is 0.0393. The summed E-state index contributed by atoms with van der Waals surface area (Å²) in [5.74, 6) is 1.82. The number of hydrogen-bond donors (Lipinski definition) is 3. The molecule has 3 heterocycles. The quantitative estimate of drug-likeness (QED) is 0.361. The molecule has 0 radical (unpaired) electrons. The number of benzene rings is 2. The normalized spacial score (nSPS) is 13.2. The average Bonchev–Trinajstić information content (AvgIpc) is 3.29. The second-order valence-corrected chi connectivity index (χ2v) is 10.1. The van der Waals surface area contributed by atoms with E-state index < -0.39 is 0 Å². The van der Waals surface area contributed by atoms with E-state index in [4.69, 9.17) is 4.98 Å². The van der Waals surface area contributed by atoms with E-state index in [1.165, 1.54) is 11.1 Å². The van der Waals surface area contributed by atoms with Gasteiger partial charge in [0.25, 0.3) is 5.91 Å². The van der Waals surface area contributed by atoms with E-state index in [1.807, 2.05) is 48.5 Å². The van der Waals surface area contributed by atoms with Gasteiger partial charge < -0.3 is 15.5 Å². The van der Waals surface area contributed by atoms with Crippen molar-refractivity contribution in [3.05, 3.63) is 94.8 Å². The maximum absolute atomic E-state index is 12.9. The molecule has 0 saturated heterocycles.